The van der Waals surface area contributed by atoms with Gasteiger partial charge in [-0.2, -0.15) is 0 Å². The highest BCUT2D eigenvalue weighted by Gasteiger charge is 2.30. The van der Waals surface area contributed by atoms with Crippen molar-refractivity contribution in [1.82, 2.24) is 5.32 Å². The lowest BCUT2D eigenvalue weighted by atomic mass is 9.98. The molecular weight excluding hydrogens is 500 g/mol. The molecule has 198 valence electrons. The Bertz CT molecular complexity index is 1600. The van der Waals surface area contributed by atoms with Crippen molar-refractivity contribution < 1.29 is 28.6 Å². The molecule has 0 spiro atoms. The first-order chi connectivity index (χ1) is 18.8. The van der Waals surface area contributed by atoms with E-state index in [1.807, 2.05) is 48.5 Å². The van der Waals surface area contributed by atoms with Crippen LogP contribution in [0.3, 0.4) is 0 Å². The number of carbonyl (C=O) groups excluding carboxylic acids is 2. The van der Waals surface area contributed by atoms with Crippen molar-refractivity contribution in [2.75, 3.05) is 11.9 Å². The minimum atomic E-state index is -1.32. The van der Waals surface area contributed by atoms with Gasteiger partial charge in [-0.05, 0) is 53.3 Å². The summed E-state index contributed by atoms with van der Waals surface area (Å²) in [6, 6.07) is 20.8. The van der Waals surface area contributed by atoms with Crippen LogP contribution < -0.4 is 16.3 Å². The summed E-state index contributed by atoms with van der Waals surface area (Å²) in [6.07, 6.45) is -1.19. The molecule has 1 aliphatic rings. The topological polar surface area (TPSA) is 135 Å². The molecule has 0 saturated heterocycles. The lowest BCUT2D eigenvalue weighted by Gasteiger charge is -2.17. The van der Waals surface area contributed by atoms with Gasteiger partial charge in [0.05, 0.1) is 0 Å². The Morgan fingerprint density at radius 2 is 1.64 bits per heavy atom. The number of aryl methyl sites for hydroxylation is 1. The first-order valence-electron chi connectivity index (χ1n) is 12.5. The smallest absolute Gasteiger partial charge is 0.407 e. The number of carbonyl (C=O) groups is 3. The van der Waals surface area contributed by atoms with E-state index in [1.54, 1.807) is 19.1 Å². The third-order valence-electron chi connectivity index (χ3n) is 6.83. The zero-order valence-electron chi connectivity index (χ0n) is 21.1. The molecule has 0 aliphatic heterocycles. The van der Waals surface area contributed by atoms with E-state index < -0.39 is 29.6 Å². The molecule has 3 N–H and O–H groups in total. The van der Waals surface area contributed by atoms with Crippen LogP contribution in [-0.2, 0) is 14.3 Å². The second-order valence-corrected chi connectivity index (χ2v) is 9.41. The summed E-state index contributed by atoms with van der Waals surface area (Å²) in [7, 11) is 0. The highest BCUT2D eigenvalue weighted by molar-refractivity contribution is 5.94. The highest BCUT2D eigenvalue weighted by atomic mass is 16.5. The molecule has 1 aliphatic carbocycles. The Hall–Kier alpha value is -4.92. The number of benzene rings is 3. The van der Waals surface area contributed by atoms with Crippen LogP contribution >= 0.6 is 0 Å². The van der Waals surface area contributed by atoms with Crippen molar-refractivity contribution in [3.05, 3.63) is 99.9 Å². The maximum atomic E-state index is 12.5. The highest BCUT2D eigenvalue weighted by Crippen LogP contribution is 2.44. The van der Waals surface area contributed by atoms with Gasteiger partial charge < -0.3 is 24.9 Å². The van der Waals surface area contributed by atoms with Gasteiger partial charge >= 0.3 is 17.7 Å². The van der Waals surface area contributed by atoms with Gasteiger partial charge in [-0.25, -0.2) is 14.4 Å². The first kappa shape index (κ1) is 25.7. The number of hydrogen-bond donors (Lipinski definition) is 3. The Labute approximate surface area is 223 Å². The van der Waals surface area contributed by atoms with Crippen LogP contribution in [0.1, 0.15) is 35.4 Å². The van der Waals surface area contributed by atoms with E-state index in [1.165, 1.54) is 12.1 Å². The number of alkyl carbamates (subject to hydrolysis) is 1. The molecule has 9 heteroatoms. The van der Waals surface area contributed by atoms with E-state index in [4.69, 9.17) is 9.15 Å². The minimum Gasteiger partial charge on any atom is -0.480 e. The van der Waals surface area contributed by atoms with Crippen LogP contribution in [0.4, 0.5) is 10.5 Å². The fourth-order valence-electron chi connectivity index (χ4n) is 4.94. The van der Waals surface area contributed by atoms with E-state index in [9.17, 15) is 24.3 Å². The van der Waals surface area contributed by atoms with Crippen LogP contribution in [0.5, 0.6) is 0 Å². The van der Waals surface area contributed by atoms with E-state index in [0.717, 1.165) is 33.2 Å². The molecule has 5 rings (SSSR count). The molecule has 0 saturated carbocycles. The monoisotopic (exact) mass is 526 g/mol. The number of carboxylic acid groups (broad SMARTS) is 1. The molecule has 4 aromatic rings. The van der Waals surface area contributed by atoms with Crippen LogP contribution in [0.25, 0.3) is 22.1 Å². The number of carboxylic acids is 1. The number of aliphatic carboxylic acids is 1. The predicted octanol–water partition coefficient (Wildman–Crippen LogP) is 4.81. The summed E-state index contributed by atoms with van der Waals surface area (Å²) in [5, 5.41) is 15.4. The van der Waals surface area contributed by atoms with Gasteiger partial charge in [-0.15, -0.1) is 0 Å². The summed E-state index contributed by atoms with van der Waals surface area (Å²) in [5.41, 5.74) is 5.24. The van der Waals surface area contributed by atoms with Gasteiger partial charge in [0.25, 0.3) is 0 Å². The second-order valence-electron chi connectivity index (χ2n) is 9.41. The molecular formula is C30H26N2O7. The van der Waals surface area contributed by atoms with Gasteiger partial charge in [0, 0.05) is 35.5 Å². The van der Waals surface area contributed by atoms with Crippen LogP contribution in [-0.4, -0.2) is 35.7 Å². The summed E-state index contributed by atoms with van der Waals surface area (Å²) >= 11 is 0. The summed E-state index contributed by atoms with van der Waals surface area (Å²) in [4.78, 5) is 48.4. The number of ether oxygens (including phenoxy) is 1. The molecule has 0 unspecified atom stereocenters. The fraction of sp³-hybridized carbons (Fsp3) is 0.200. The molecule has 0 fully saturated rings. The van der Waals surface area contributed by atoms with Gasteiger partial charge in [-0.3, -0.25) is 4.79 Å². The van der Waals surface area contributed by atoms with Gasteiger partial charge in [0.2, 0.25) is 5.91 Å². The van der Waals surface area contributed by atoms with Crippen LogP contribution in [0, 0.1) is 6.92 Å². The third-order valence-corrected chi connectivity index (χ3v) is 6.83. The Morgan fingerprint density at radius 1 is 0.974 bits per heavy atom. The Balaban J connectivity index is 1.17. The number of fused-ring (bicyclic) bond motifs is 4. The van der Waals surface area contributed by atoms with Gasteiger partial charge in [0.1, 0.15) is 18.2 Å². The van der Waals surface area contributed by atoms with Gasteiger partial charge in [-0.1, -0.05) is 48.5 Å². The largest absolute Gasteiger partial charge is 0.480 e. The van der Waals surface area contributed by atoms with Gasteiger partial charge in [0.15, 0.2) is 0 Å². The summed E-state index contributed by atoms with van der Waals surface area (Å²) < 4.78 is 10.6. The Kier molecular flexibility index (Phi) is 7.14. The minimum absolute atomic E-state index is 0.0459. The normalized spacial score (nSPS) is 12.8. The fourth-order valence-corrected chi connectivity index (χ4v) is 4.94. The molecule has 0 radical (unpaired) electrons. The van der Waals surface area contributed by atoms with E-state index in [2.05, 4.69) is 10.6 Å². The van der Waals surface area contributed by atoms with Crippen molar-refractivity contribution in [3.8, 4) is 11.1 Å². The van der Waals surface area contributed by atoms with Crippen molar-refractivity contribution in [2.24, 2.45) is 0 Å². The van der Waals surface area contributed by atoms with E-state index in [0.29, 0.717) is 11.3 Å². The lowest BCUT2D eigenvalue weighted by Crippen LogP contribution is -2.42. The predicted molar refractivity (Wildman–Crippen MR) is 145 cm³/mol. The van der Waals surface area contributed by atoms with E-state index in [-0.39, 0.29) is 25.4 Å². The van der Waals surface area contributed by atoms with Crippen LogP contribution in [0.15, 0.2) is 82.0 Å². The zero-order valence-corrected chi connectivity index (χ0v) is 21.1. The van der Waals surface area contributed by atoms with Crippen molar-refractivity contribution in [1.29, 1.82) is 0 Å². The number of hydrogen-bond acceptors (Lipinski definition) is 6. The van der Waals surface area contributed by atoms with Crippen molar-refractivity contribution in [3.63, 3.8) is 0 Å². The number of amides is 2. The third kappa shape index (κ3) is 5.52. The molecule has 3 aromatic carbocycles. The molecule has 39 heavy (non-hydrogen) atoms. The standard InChI is InChI=1S/C30H26N2O7/c1-17-14-28(34)39-26-15-18(10-11-19(17)26)31-27(33)13-12-25(29(35)36)32-30(37)38-16-24-22-8-4-2-6-20(22)21-7-3-5-9-23(21)24/h2-11,14-15,24-25H,12-13,16H2,1H3,(H,31,33)(H,32,37)(H,35,36)/t25-/m0/s1. The van der Waals surface area contributed by atoms with Crippen molar-refractivity contribution in [2.45, 2.75) is 31.7 Å². The summed E-state index contributed by atoms with van der Waals surface area (Å²) in [5.74, 6) is -1.89. The maximum absolute atomic E-state index is 12.5. The average molecular weight is 527 g/mol. The number of anilines is 1. The molecule has 2 amide bonds. The SMILES string of the molecule is Cc1cc(=O)oc2cc(NC(=O)CC[C@H](NC(=O)OCC3c4ccccc4-c4ccccc43)C(=O)O)ccc12. The molecule has 1 aromatic heterocycles. The molecule has 1 heterocycles. The second kappa shape index (κ2) is 10.8. The maximum Gasteiger partial charge on any atom is 0.407 e. The van der Waals surface area contributed by atoms with Crippen molar-refractivity contribution >= 4 is 34.6 Å². The molecule has 9 nitrogen and oxygen atoms in total. The quantitative estimate of drug-likeness (QED) is 0.280. The van der Waals surface area contributed by atoms with E-state index >= 15 is 0 Å². The first-order valence-corrected chi connectivity index (χ1v) is 12.5. The summed E-state index contributed by atoms with van der Waals surface area (Å²) in [6.45, 7) is 1.83. The number of rotatable bonds is 8. The van der Waals surface area contributed by atoms with Crippen LogP contribution in [0.2, 0.25) is 0 Å². The zero-order chi connectivity index (χ0) is 27.5. The number of nitrogens with one attached hydrogen (secondary N) is 2. The molecule has 1 atom stereocenters. The average Bonchev–Trinajstić information content (AvgIpc) is 3.23. The Morgan fingerprint density at radius 3 is 2.31 bits per heavy atom. The lowest BCUT2D eigenvalue weighted by molar-refractivity contribution is -0.139. The molecule has 0 bridgehead atoms.